The standard InChI is InChI=1S/C45H27N3S/c1-2-11-32(12-3-1)43-46-44(33-22-17-29(18-23-33)35-24-19-28-9-4-5-13-34(28)27-35)48-45(47-43)38-15-8-16-39-41(38)37-26-25-31-21-20-30-10-6-7-14-36(30)40(31)42(37)49-39/h1-27H. The van der Waals surface area contributed by atoms with E-state index in [1.165, 1.54) is 58.1 Å². The first kappa shape index (κ1) is 27.8. The third-order valence-electron chi connectivity index (χ3n) is 9.50. The van der Waals surface area contributed by atoms with Crippen LogP contribution >= 0.6 is 11.3 Å². The molecule has 0 aliphatic carbocycles. The zero-order chi connectivity index (χ0) is 32.3. The fourth-order valence-corrected chi connectivity index (χ4v) is 8.38. The van der Waals surface area contributed by atoms with Gasteiger partial charge in [0.25, 0.3) is 0 Å². The van der Waals surface area contributed by atoms with Gasteiger partial charge in [-0.1, -0.05) is 152 Å². The summed E-state index contributed by atoms with van der Waals surface area (Å²) in [7, 11) is 0. The van der Waals surface area contributed by atoms with Gasteiger partial charge in [-0.15, -0.1) is 11.3 Å². The lowest BCUT2D eigenvalue weighted by atomic mass is 9.98. The van der Waals surface area contributed by atoms with E-state index in [0.717, 1.165) is 22.3 Å². The normalized spacial score (nSPS) is 11.7. The molecule has 0 radical (unpaired) electrons. The highest BCUT2D eigenvalue weighted by molar-refractivity contribution is 7.27. The number of hydrogen-bond acceptors (Lipinski definition) is 4. The predicted molar refractivity (Wildman–Crippen MR) is 207 cm³/mol. The van der Waals surface area contributed by atoms with E-state index in [1.54, 1.807) is 0 Å². The molecule has 10 aromatic rings. The zero-order valence-corrected chi connectivity index (χ0v) is 27.2. The van der Waals surface area contributed by atoms with Crippen molar-refractivity contribution >= 4 is 63.8 Å². The van der Waals surface area contributed by atoms with Gasteiger partial charge in [-0.2, -0.15) is 0 Å². The van der Waals surface area contributed by atoms with Gasteiger partial charge in [0.1, 0.15) is 0 Å². The molecular weight excluding hydrogens is 615 g/mol. The molecule has 0 amide bonds. The van der Waals surface area contributed by atoms with Crippen molar-refractivity contribution in [2.75, 3.05) is 0 Å². The Bertz CT molecular complexity index is 2870. The lowest BCUT2D eigenvalue weighted by Gasteiger charge is -2.10. The van der Waals surface area contributed by atoms with Crippen LogP contribution in [0.25, 0.3) is 97.8 Å². The van der Waals surface area contributed by atoms with Gasteiger partial charge in [0.05, 0.1) is 0 Å². The van der Waals surface area contributed by atoms with Crippen LogP contribution in [-0.4, -0.2) is 15.0 Å². The van der Waals surface area contributed by atoms with Crippen molar-refractivity contribution in [3.8, 4) is 45.3 Å². The Balaban J connectivity index is 1.16. The minimum Gasteiger partial charge on any atom is -0.208 e. The zero-order valence-electron chi connectivity index (χ0n) is 26.3. The SMILES string of the molecule is c1ccc(-c2nc(-c3ccc(-c4ccc5ccccc5c4)cc3)nc(-c3cccc4sc5c(ccc6ccc7ccccc7c65)c34)n2)cc1. The molecule has 4 heteroatoms. The van der Waals surface area contributed by atoms with Gasteiger partial charge in [-0.25, -0.2) is 15.0 Å². The first-order valence-electron chi connectivity index (χ1n) is 16.4. The van der Waals surface area contributed by atoms with Crippen LogP contribution in [0.4, 0.5) is 0 Å². The van der Waals surface area contributed by atoms with E-state index in [-0.39, 0.29) is 0 Å². The number of hydrogen-bond donors (Lipinski definition) is 0. The van der Waals surface area contributed by atoms with Crippen molar-refractivity contribution in [2.45, 2.75) is 0 Å². The summed E-state index contributed by atoms with van der Waals surface area (Å²) < 4.78 is 2.51. The summed E-state index contributed by atoms with van der Waals surface area (Å²) in [5.41, 5.74) is 5.26. The van der Waals surface area contributed by atoms with Gasteiger partial charge in [0.2, 0.25) is 0 Å². The van der Waals surface area contributed by atoms with Crippen LogP contribution < -0.4 is 0 Å². The molecule has 0 bridgehead atoms. The molecule has 0 aliphatic heterocycles. The molecule has 0 spiro atoms. The largest absolute Gasteiger partial charge is 0.208 e. The highest BCUT2D eigenvalue weighted by Crippen LogP contribution is 2.44. The number of thiophene rings is 1. The Kier molecular flexibility index (Phi) is 6.36. The maximum absolute atomic E-state index is 5.17. The van der Waals surface area contributed by atoms with Crippen LogP contribution in [0.5, 0.6) is 0 Å². The van der Waals surface area contributed by atoms with Crippen molar-refractivity contribution in [1.29, 1.82) is 0 Å². The van der Waals surface area contributed by atoms with E-state index in [4.69, 9.17) is 15.0 Å². The van der Waals surface area contributed by atoms with E-state index < -0.39 is 0 Å². The summed E-state index contributed by atoms with van der Waals surface area (Å²) in [6.07, 6.45) is 0. The van der Waals surface area contributed by atoms with Gasteiger partial charge < -0.3 is 0 Å². The van der Waals surface area contributed by atoms with Gasteiger partial charge in [0.15, 0.2) is 17.5 Å². The number of rotatable bonds is 4. The molecule has 0 saturated heterocycles. The molecule has 8 aromatic carbocycles. The lowest BCUT2D eigenvalue weighted by Crippen LogP contribution is -2.00. The number of fused-ring (bicyclic) bond motifs is 8. The summed E-state index contributed by atoms with van der Waals surface area (Å²) >= 11 is 1.84. The Morgan fingerprint density at radius 1 is 0.347 bits per heavy atom. The predicted octanol–water partition coefficient (Wildman–Crippen LogP) is 12.4. The van der Waals surface area contributed by atoms with Crippen LogP contribution in [0.2, 0.25) is 0 Å². The van der Waals surface area contributed by atoms with Crippen molar-refractivity contribution in [2.24, 2.45) is 0 Å². The Morgan fingerprint density at radius 2 is 0.959 bits per heavy atom. The number of benzene rings is 8. The van der Waals surface area contributed by atoms with Gasteiger partial charge in [0, 0.05) is 42.2 Å². The molecule has 49 heavy (non-hydrogen) atoms. The molecule has 10 rings (SSSR count). The molecule has 0 saturated carbocycles. The van der Waals surface area contributed by atoms with Crippen molar-refractivity contribution in [3.05, 3.63) is 164 Å². The van der Waals surface area contributed by atoms with Crippen LogP contribution in [0.15, 0.2) is 164 Å². The van der Waals surface area contributed by atoms with Crippen molar-refractivity contribution < 1.29 is 0 Å². The molecule has 0 atom stereocenters. The van der Waals surface area contributed by atoms with Crippen LogP contribution in [0.3, 0.4) is 0 Å². The fourth-order valence-electron chi connectivity index (χ4n) is 7.08. The molecule has 0 unspecified atom stereocenters. The van der Waals surface area contributed by atoms with Crippen LogP contribution in [-0.2, 0) is 0 Å². The average Bonchev–Trinajstić information content (AvgIpc) is 3.57. The first-order valence-corrected chi connectivity index (χ1v) is 17.3. The smallest absolute Gasteiger partial charge is 0.164 e. The molecule has 228 valence electrons. The summed E-state index contributed by atoms with van der Waals surface area (Å²) in [5.74, 6) is 1.99. The Morgan fingerprint density at radius 3 is 1.80 bits per heavy atom. The Hall–Kier alpha value is -6.23. The van der Waals surface area contributed by atoms with Crippen LogP contribution in [0, 0.1) is 0 Å². The van der Waals surface area contributed by atoms with E-state index in [0.29, 0.717) is 17.5 Å². The van der Waals surface area contributed by atoms with Gasteiger partial charge in [-0.05, 0) is 50.2 Å². The second kappa shape index (κ2) is 11.2. The maximum atomic E-state index is 5.17. The Labute approximate surface area is 286 Å². The number of aromatic nitrogens is 3. The fraction of sp³-hybridized carbons (Fsp3) is 0. The molecule has 0 N–H and O–H groups in total. The van der Waals surface area contributed by atoms with E-state index in [2.05, 4.69) is 146 Å². The van der Waals surface area contributed by atoms with Crippen molar-refractivity contribution in [3.63, 3.8) is 0 Å². The van der Waals surface area contributed by atoms with E-state index >= 15 is 0 Å². The van der Waals surface area contributed by atoms with Gasteiger partial charge in [-0.3, -0.25) is 0 Å². The summed E-state index contributed by atoms with van der Waals surface area (Å²) in [4.78, 5) is 15.3. The summed E-state index contributed by atoms with van der Waals surface area (Å²) in [6, 6.07) is 58.0. The first-order chi connectivity index (χ1) is 24.3. The van der Waals surface area contributed by atoms with Crippen LogP contribution in [0.1, 0.15) is 0 Å². The highest BCUT2D eigenvalue weighted by atomic mass is 32.1. The average molecular weight is 642 g/mol. The van der Waals surface area contributed by atoms with Crippen molar-refractivity contribution in [1.82, 2.24) is 15.0 Å². The molecule has 0 aliphatic rings. The second-order valence-electron chi connectivity index (χ2n) is 12.4. The van der Waals surface area contributed by atoms with E-state index in [9.17, 15) is 0 Å². The molecule has 2 aromatic heterocycles. The van der Waals surface area contributed by atoms with E-state index in [1.807, 2.05) is 29.5 Å². The highest BCUT2D eigenvalue weighted by Gasteiger charge is 2.18. The topological polar surface area (TPSA) is 38.7 Å². The molecule has 2 heterocycles. The monoisotopic (exact) mass is 641 g/mol. The third-order valence-corrected chi connectivity index (χ3v) is 10.7. The maximum Gasteiger partial charge on any atom is 0.164 e. The minimum absolute atomic E-state index is 0.655. The third kappa shape index (κ3) is 4.68. The quantitative estimate of drug-likeness (QED) is 0.180. The summed E-state index contributed by atoms with van der Waals surface area (Å²) in [6.45, 7) is 0. The van der Waals surface area contributed by atoms with Gasteiger partial charge >= 0.3 is 0 Å². The number of nitrogens with zero attached hydrogens (tertiary/aromatic N) is 3. The second-order valence-corrected chi connectivity index (χ2v) is 13.5. The molecule has 3 nitrogen and oxygen atoms in total. The molecular formula is C45H27N3S. The minimum atomic E-state index is 0.655. The lowest BCUT2D eigenvalue weighted by molar-refractivity contribution is 1.08. The summed E-state index contributed by atoms with van der Waals surface area (Å²) in [5, 5.41) is 9.96. The molecule has 0 fully saturated rings.